The lowest BCUT2D eigenvalue weighted by atomic mass is 9.97. The first-order chi connectivity index (χ1) is 4.70. The Kier molecular flexibility index (Phi) is 6.20. The highest BCUT2D eigenvalue weighted by atomic mass is 35.5. The van der Waals surface area contributed by atoms with E-state index in [2.05, 4.69) is 20.8 Å². The summed E-state index contributed by atoms with van der Waals surface area (Å²) in [5, 5.41) is 0. The van der Waals surface area contributed by atoms with Crippen LogP contribution < -0.4 is 0 Å². The SMILES string of the molecule is CCC(CCl)CCC(C)C. The monoisotopic (exact) mass is 162 g/mol. The molecule has 0 fully saturated rings. The molecule has 0 aromatic rings. The van der Waals surface area contributed by atoms with Crippen LogP contribution >= 0.6 is 11.6 Å². The van der Waals surface area contributed by atoms with Gasteiger partial charge in [-0.15, -0.1) is 11.6 Å². The first-order valence-electron chi connectivity index (χ1n) is 4.26. The molecule has 0 aromatic heterocycles. The minimum absolute atomic E-state index is 0.754. The molecule has 0 aliphatic heterocycles. The Bertz CT molecular complexity index is 65.1. The van der Waals surface area contributed by atoms with Crippen molar-refractivity contribution in [3.05, 3.63) is 0 Å². The quantitative estimate of drug-likeness (QED) is 0.541. The molecule has 0 bridgehead atoms. The van der Waals surface area contributed by atoms with Gasteiger partial charge in [0.05, 0.1) is 0 Å². The van der Waals surface area contributed by atoms with E-state index in [0.29, 0.717) is 0 Å². The molecule has 1 atom stereocenters. The largest absolute Gasteiger partial charge is 0.126 e. The predicted octanol–water partition coefficient (Wildman–Crippen LogP) is 3.69. The van der Waals surface area contributed by atoms with Gasteiger partial charge in [0, 0.05) is 5.88 Å². The Morgan fingerprint density at radius 3 is 2.10 bits per heavy atom. The van der Waals surface area contributed by atoms with Gasteiger partial charge in [-0.25, -0.2) is 0 Å². The fourth-order valence-electron chi connectivity index (χ4n) is 0.959. The molecule has 0 aliphatic rings. The van der Waals surface area contributed by atoms with Gasteiger partial charge in [0.25, 0.3) is 0 Å². The molecule has 0 N–H and O–H groups in total. The highest BCUT2D eigenvalue weighted by Crippen LogP contribution is 2.16. The topological polar surface area (TPSA) is 0 Å². The second-order valence-electron chi connectivity index (χ2n) is 3.40. The van der Waals surface area contributed by atoms with Crippen molar-refractivity contribution in [2.45, 2.75) is 40.0 Å². The van der Waals surface area contributed by atoms with Gasteiger partial charge in [-0.05, 0) is 18.3 Å². The molecule has 0 saturated carbocycles. The lowest BCUT2D eigenvalue weighted by Gasteiger charge is -2.11. The molecule has 1 heteroatoms. The first kappa shape index (κ1) is 10.3. The second-order valence-corrected chi connectivity index (χ2v) is 3.71. The molecule has 0 aliphatic carbocycles. The lowest BCUT2D eigenvalue weighted by Crippen LogP contribution is -2.02. The van der Waals surface area contributed by atoms with Gasteiger partial charge in [-0.3, -0.25) is 0 Å². The van der Waals surface area contributed by atoms with Crippen LogP contribution in [-0.2, 0) is 0 Å². The molecule has 1 unspecified atom stereocenters. The van der Waals surface area contributed by atoms with Gasteiger partial charge in [-0.2, -0.15) is 0 Å². The Morgan fingerprint density at radius 1 is 1.20 bits per heavy atom. The van der Waals surface area contributed by atoms with Gasteiger partial charge in [-0.1, -0.05) is 33.6 Å². The number of alkyl halides is 1. The fraction of sp³-hybridized carbons (Fsp3) is 1.00. The van der Waals surface area contributed by atoms with Crippen LogP contribution in [0.1, 0.15) is 40.0 Å². The smallest absolute Gasteiger partial charge is 0.0251 e. The maximum atomic E-state index is 5.75. The maximum Gasteiger partial charge on any atom is 0.0251 e. The minimum atomic E-state index is 0.754. The van der Waals surface area contributed by atoms with E-state index in [1.54, 1.807) is 0 Å². The number of hydrogen-bond acceptors (Lipinski definition) is 0. The van der Waals surface area contributed by atoms with Gasteiger partial charge >= 0.3 is 0 Å². The molecule has 0 nitrogen and oxygen atoms in total. The van der Waals surface area contributed by atoms with Crippen molar-refractivity contribution in [1.82, 2.24) is 0 Å². The van der Waals surface area contributed by atoms with E-state index in [1.165, 1.54) is 19.3 Å². The summed E-state index contributed by atoms with van der Waals surface area (Å²) in [5.41, 5.74) is 0. The third kappa shape index (κ3) is 5.10. The molecular weight excluding hydrogens is 144 g/mol. The minimum Gasteiger partial charge on any atom is -0.126 e. The predicted molar refractivity (Wildman–Crippen MR) is 48.6 cm³/mol. The Morgan fingerprint density at radius 2 is 1.80 bits per heavy atom. The average Bonchev–Trinajstić information content (AvgIpc) is 1.90. The molecule has 0 heterocycles. The molecule has 62 valence electrons. The highest BCUT2D eigenvalue weighted by Gasteiger charge is 2.04. The third-order valence-corrected chi connectivity index (χ3v) is 2.38. The van der Waals surface area contributed by atoms with Crippen molar-refractivity contribution in [3.63, 3.8) is 0 Å². The summed E-state index contributed by atoms with van der Waals surface area (Å²) in [6.07, 6.45) is 3.86. The zero-order valence-corrected chi connectivity index (χ0v) is 8.12. The molecule has 0 aromatic carbocycles. The van der Waals surface area contributed by atoms with Gasteiger partial charge in [0.15, 0.2) is 0 Å². The van der Waals surface area contributed by atoms with Crippen molar-refractivity contribution in [1.29, 1.82) is 0 Å². The van der Waals surface area contributed by atoms with Crippen LogP contribution in [0.5, 0.6) is 0 Å². The maximum absolute atomic E-state index is 5.75. The summed E-state index contributed by atoms with van der Waals surface area (Å²) in [4.78, 5) is 0. The summed E-state index contributed by atoms with van der Waals surface area (Å²) < 4.78 is 0. The fourth-order valence-corrected chi connectivity index (χ4v) is 1.33. The third-order valence-electron chi connectivity index (χ3n) is 1.95. The molecule has 0 spiro atoms. The summed E-state index contributed by atoms with van der Waals surface area (Å²) >= 11 is 5.75. The van der Waals surface area contributed by atoms with E-state index in [0.717, 1.165) is 17.7 Å². The number of halogens is 1. The molecule has 0 saturated heterocycles. The van der Waals surface area contributed by atoms with Crippen LogP contribution in [0.4, 0.5) is 0 Å². The zero-order chi connectivity index (χ0) is 7.98. The molecule has 0 amide bonds. The van der Waals surface area contributed by atoms with Crippen molar-refractivity contribution in [2.75, 3.05) is 5.88 Å². The van der Waals surface area contributed by atoms with Gasteiger partial charge in [0.2, 0.25) is 0 Å². The Hall–Kier alpha value is 0.290. The van der Waals surface area contributed by atoms with Crippen LogP contribution in [0.2, 0.25) is 0 Å². The van der Waals surface area contributed by atoms with Crippen molar-refractivity contribution >= 4 is 11.6 Å². The van der Waals surface area contributed by atoms with Crippen molar-refractivity contribution in [2.24, 2.45) is 11.8 Å². The van der Waals surface area contributed by atoms with E-state index >= 15 is 0 Å². The van der Waals surface area contributed by atoms with E-state index in [4.69, 9.17) is 11.6 Å². The summed E-state index contributed by atoms with van der Waals surface area (Å²) in [7, 11) is 0. The van der Waals surface area contributed by atoms with Crippen LogP contribution in [0.25, 0.3) is 0 Å². The average molecular weight is 163 g/mol. The van der Waals surface area contributed by atoms with E-state index < -0.39 is 0 Å². The van der Waals surface area contributed by atoms with Crippen LogP contribution in [0.3, 0.4) is 0 Å². The highest BCUT2D eigenvalue weighted by molar-refractivity contribution is 6.18. The molecule has 0 rings (SSSR count). The summed E-state index contributed by atoms with van der Waals surface area (Å²) in [6.45, 7) is 6.75. The van der Waals surface area contributed by atoms with Crippen LogP contribution in [0.15, 0.2) is 0 Å². The molecular formula is C9H19Cl. The van der Waals surface area contributed by atoms with Gasteiger partial charge in [0.1, 0.15) is 0 Å². The normalized spacial score (nSPS) is 14.1. The number of rotatable bonds is 5. The van der Waals surface area contributed by atoms with E-state index in [1.807, 2.05) is 0 Å². The lowest BCUT2D eigenvalue weighted by molar-refractivity contribution is 0.444. The number of hydrogen-bond donors (Lipinski definition) is 0. The van der Waals surface area contributed by atoms with Crippen molar-refractivity contribution in [3.8, 4) is 0 Å². The summed E-state index contributed by atoms with van der Waals surface area (Å²) in [5.74, 6) is 2.42. The van der Waals surface area contributed by atoms with Crippen LogP contribution in [0, 0.1) is 11.8 Å². The van der Waals surface area contributed by atoms with E-state index in [-0.39, 0.29) is 0 Å². The summed E-state index contributed by atoms with van der Waals surface area (Å²) in [6, 6.07) is 0. The zero-order valence-electron chi connectivity index (χ0n) is 7.36. The first-order valence-corrected chi connectivity index (χ1v) is 4.80. The Balaban J connectivity index is 3.26. The van der Waals surface area contributed by atoms with Gasteiger partial charge < -0.3 is 0 Å². The second kappa shape index (κ2) is 6.03. The standard InChI is InChI=1S/C9H19Cl/c1-4-9(7-10)6-5-8(2)3/h8-9H,4-7H2,1-3H3. The Labute approximate surface area is 70.0 Å². The van der Waals surface area contributed by atoms with Crippen molar-refractivity contribution < 1.29 is 0 Å². The molecule has 0 radical (unpaired) electrons. The molecule has 10 heavy (non-hydrogen) atoms. The van der Waals surface area contributed by atoms with E-state index in [9.17, 15) is 0 Å². The van der Waals surface area contributed by atoms with Crippen LogP contribution in [-0.4, -0.2) is 5.88 Å².